The zero-order valence-electron chi connectivity index (χ0n) is 25.2. The molecule has 0 radical (unpaired) electrons. The van der Waals surface area contributed by atoms with Crippen molar-refractivity contribution >= 4 is 46.9 Å². The summed E-state index contributed by atoms with van der Waals surface area (Å²) in [5.74, 6) is 0.259. The summed E-state index contributed by atoms with van der Waals surface area (Å²) in [6.45, 7) is 6.00. The van der Waals surface area contributed by atoms with E-state index in [0.717, 1.165) is 32.8 Å². The third kappa shape index (κ3) is 8.84. The average molecular weight is 616 g/mol. The number of benzene rings is 4. The summed E-state index contributed by atoms with van der Waals surface area (Å²) in [6.07, 6.45) is 1.51. The first-order chi connectivity index (χ1) is 21.7. The molecule has 5 aromatic rings. The second-order valence-electron chi connectivity index (χ2n) is 10.6. The van der Waals surface area contributed by atoms with Crippen molar-refractivity contribution in [2.75, 3.05) is 16.4 Å². The van der Waals surface area contributed by atoms with Gasteiger partial charge in [-0.2, -0.15) is 0 Å². The lowest BCUT2D eigenvalue weighted by atomic mass is 10.1. The molecule has 45 heavy (non-hydrogen) atoms. The minimum absolute atomic E-state index is 0.0233. The second-order valence-corrected chi connectivity index (χ2v) is 11.7. The van der Waals surface area contributed by atoms with Crippen LogP contribution < -0.4 is 16.0 Å². The number of hydrogen-bond acceptors (Lipinski definition) is 5. The fourth-order valence-electron chi connectivity index (χ4n) is 4.61. The monoisotopic (exact) mass is 615 g/mol. The fraction of sp³-hybridized carbons (Fsp3) is 0.108. The van der Waals surface area contributed by atoms with Crippen molar-refractivity contribution in [1.82, 2.24) is 5.32 Å². The van der Waals surface area contributed by atoms with Crippen molar-refractivity contribution in [2.24, 2.45) is 0 Å². The van der Waals surface area contributed by atoms with Crippen molar-refractivity contribution in [3.8, 4) is 11.3 Å². The highest BCUT2D eigenvalue weighted by molar-refractivity contribution is 8.00. The number of hydrogen-bond donors (Lipinski definition) is 3. The molecule has 226 valence electrons. The summed E-state index contributed by atoms with van der Waals surface area (Å²) in [5, 5.41) is 8.52. The van der Waals surface area contributed by atoms with Crippen LogP contribution in [-0.2, 0) is 9.59 Å². The molecule has 3 N–H and O–H groups in total. The quantitative estimate of drug-likeness (QED) is 0.109. The van der Waals surface area contributed by atoms with Gasteiger partial charge in [0.1, 0.15) is 17.2 Å². The van der Waals surface area contributed by atoms with Crippen molar-refractivity contribution in [3.05, 3.63) is 143 Å². The summed E-state index contributed by atoms with van der Waals surface area (Å²) < 4.78 is 6.00. The fourth-order valence-corrected chi connectivity index (χ4v) is 5.31. The van der Waals surface area contributed by atoms with Gasteiger partial charge in [0.25, 0.3) is 11.8 Å². The standard InChI is InChI=1S/C37H33N3O4S/c1-24-9-11-27(12-10-24)34-18-15-31(44-34)22-33(40-36(42)28-7-5-4-6-8-28)37(43)39-29-13-16-32(17-14-29)45-23-35(41)38-30-20-25(2)19-26(3)21-30/h4-22H,23H2,1-3H3,(H,38,41)(H,39,43)(H,40,42). The average Bonchev–Trinajstić information content (AvgIpc) is 3.49. The number of furan rings is 1. The van der Waals surface area contributed by atoms with E-state index in [4.69, 9.17) is 4.42 Å². The Morgan fingerprint density at radius 2 is 1.40 bits per heavy atom. The predicted octanol–water partition coefficient (Wildman–Crippen LogP) is 8.01. The zero-order chi connectivity index (χ0) is 31.8. The third-order valence-electron chi connectivity index (χ3n) is 6.77. The maximum Gasteiger partial charge on any atom is 0.272 e. The van der Waals surface area contributed by atoms with Gasteiger partial charge in [-0.3, -0.25) is 14.4 Å². The third-order valence-corrected chi connectivity index (χ3v) is 7.78. The molecule has 0 aliphatic heterocycles. The molecule has 0 atom stereocenters. The Hall–Kier alpha value is -5.34. The smallest absolute Gasteiger partial charge is 0.272 e. The largest absolute Gasteiger partial charge is 0.457 e. The van der Waals surface area contributed by atoms with Crippen LogP contribution in [0.15, 0.2) is 124 Å². The van der Waals surface area contributed by atoms with Crippen LogP contribution in [0, 0.1) is 20.8 Å². The molecule has 4 aromatic carbocycles. The lowest BCUT2D eigenvalue weighted by Crippen LogP contribution is -2.30. The summed E-state index contributed by atoms with van der Waals surface area (Å²) in [4.78, 5) is 39.8. The van der Waals surface area contributed by atoms with Crippen LogP contribution in [0.4, 0.5) is 11.4 Å². The first-order valence-electron chi connectivity index (χ1n) is 14.4. The van der Waals surface area contributed by atoms with Crippen molar-refractivity contribution in [1.29, 1.82) is 0 Å². The molecule has 7 nitrogen and oxygen atoms in total. The van der Waals surface area contributed by atoms with Gasteiger partial charge in [-0.15, -0.1) is 11.8 Å². The molecule has 0 aliphatic rings. The van der Waals surface area contributed by atoms with Gasteiger partial charge in [-0.25, -0.2) is 0 Å². The van der Waals surface area contributed by atoms with Gasteiger partial charge in [-0.05, 0) is 92.6 Å². The van der Waals surface area contributed by atoms with Crippen LogP contribution in [-0.4, -0.2) is 23.5 Å². The minimum Gasteiger partial charge on any atom is -0.457 e. The number of aryl methyl sites for hydroxylation is 3. The van der Waals surface area contributed by atoms with Gasteiger partial charge < -0.3 is 20.4 Å². The predicted molar refractivity (Wildman–Crippen MR) is 181 cm³/mol. The van der Waals surface area contributed by atoms with Gasteiger partial charge in [0.15, 0.2) is 0 Å². The highest BCUT2D eigenvalue weighted by Crippen LogP contribution is 2.25. The normalized spacial score (nSPS) is 11.1. The Labute approximate surface area is 266 Å². The second kappa shape index (κ2) is 14.4. The number of amides is 3. The van der Waals surface area contributed by atoms with E-state index in [1.54, 1.807) is 42.5 Å². The topological polar surface area (TPSA) is 100 Å². The Balaban J connectivity index is 1.26. The Morgan fingerprint density at radius 3 is 2.09 bits per heavy atom. The molecule has 0 fully saturated rings. The van der Waals surface area contributed by atoms with Crippen molar-refractivity contribution in [2.45, 2.75) is 25.7 Å². The van der Waals surface area contributed by atoms with E-state index in [1.807, 2.05) is 81.4 Å². The Morgan fingerprint density at radius 1 is 0.711 bits per heavy atom. The van der Waals surface area contributed by atoms with E-state index in [0.29, 0.717) is 22.8 Å². The van der Waals surface area contributed by atoms with Gasteiger partial charge >= 0.3 is 0 Å². The SMILES string of the molecule is Cc1ccc(-c2ccc(C=C(NC(=O)c3ccccc3)C(=O)Nc3ccc(SCC(=O)Nc4cc(C)cc(C)c4)cc3)o2)cc1. The molecule has 3 amide bonds. The van der Waals surface area contributed by atoms with Gasteiger partial charge in [0, 0.05) is 33.5 Å². The summed E-state index contributed by atoms with van der Waals surface area (Å²) in [6, 6.07) is 33.3. The van der Waals surface area contributed by atoms with Crippen LogP contribution in [0.1, 0.15) is 32.8 Å². The molecule has 0 saturated carbocycles. The first-order valence-corrected chi connectivity index (χ1v) is 15.4. The molecular formula is C37H33N3O4S. The highest BCUT2D eigenvalue weighted by atomic mass is 32.2. The molecule has 1 heterocycles. The molecule has 0 saturated heterocycles. The lowest BCUT2D eigenvalue weighted by Gasteiger charge is -2.11. The van der Waals surface area contributed by atoms with Crippen LogP contribution in [0.25, 0.3) is 17.4 Å². The number of rotatable bonds is 10. The molecule has 0 aliphatic carbocycles. The molecule has 0 bridgehead atoms. The Kier molecular flexibility index (Phi) is 9.97. The minimum atomic E-state index is -0.513. The molecule has 0 unspecified atom stereocenters. The van der Waals surface area contributed by atoms with Crippen LogP contribution in [0.5, 0.6) is 0 Å². The van der Waals surface area contributed by atoms with Crippen LogP contribution in [0.2, 0.25) is 0 Å². The van der Waals surface area contributed by atoms with Crippen molar-refractivity contribution < 1.29 is 18.8 Å². The maximum absolute atomic E-state index is 13.4. The zero-order valence-corrected chi connectivity index (χ0v) is 26.0. The summed E-state index contributed by atoms with van der Waals surface area (Å²) in [7, 11) is 0. The van der Waals surface area contributed by atoms with Gasteiger partial charge in [0.05, 0.1) is 5.75 Å². The van der Waals surface area contributed by atoms with E-state index in [-0.39, 0.29) is 17.4 Å². The highest BCUT2D eigenvalue weighted by Gasteiger charge is 2.16. The molecule has 0 spiro atoms. The number of anilines is 2. The van der Waals surface area contributed by atoms with Gasteiger partial charge in [0.2, 0.25) is 5.91 Å². The van der Waals surface area contributed by atoms with E-state index in [9.17, 15) is 14.4 Å². The number of carbonyl (C=O) groups excluding carboxylic acids is 3. The molecule has 5 rings (SSSR count). The Bertz CT molecular complexity index is 1820. The lowest BCUT2D eigenvalue weighted by molar-refractivity contribution is -0.114. The number of nitrogens with one attached hydrogen (secondary N) is 3. The van der Waals surface area contributed by atoms with Crippen LogP contribution >= 0.6 is 11.8 Å². The molecule has 8 heteroatoms. The molecule has 1 aromatic heterocycles. The van der Waals surface area contributed by atoms with Crippen molar-refractivity contribution in [3.63, 3.8) is 0 Å². The number of carbonyl (C=O) groups is 3. The first kappa shape index (κ1) is 31.1. The molecular weight excluding hydrogens is 582 g/mol. The van der Waals surface area contributed by atoms with Crippen LogP contribution in [0.3, 0.4) is 0 Å². The maximum atomic E-state index is 13.4. The number of thioether (sulfide) groups is 1. The van der Waals surface area contributed by atoms with Gasteiger partial charge in [-0.1, -0.05) is 54.1 Å². The summed E-state index contributed by atoms with van der Waals surface area (Å²) >= 11 is 1.39. The van der Waals surface area contributed by atoms with E-state index >= 15 is 0 Å². The summed E-state index contributed by atoms with van der Waals surface area (Å²) in [5.41, 5.74) is 5.96. The van der Waals surface area contributed by atoms with E-state index in [2.05, 4.69) is 22.0 Å². The van der Waals surface area contributed by atoms with E-state index in [1.165, 1.54) is 17.8 Å². The van der Waals surface area contributed by atoms with E-state index < -0.39 is 11.8 Å².